The van der Waals surface area contributed by atoms with Gasteiger partial charge in [0.2, 0.25) is 11.8 Å². The summed E-state index contributed by atoms with van der Waals surface area (Å²) in [5.41, 5.74) is -0.704. The predicted octanol–water partition coefficient (Wildman–Crippen LogP) is 1.07. The van der Waals surface area contributed by atoms with Crippen LogP contribution in [0.1, 0.15) is 46.0 Å². The fourth-order valence-corrected chi connectivity index (χ4v) is 2.98. The first-order chi connectivity index (χ1) is 9.11. The highest BCUT2D eigenvalue weighted by Crippen LogP contribution is 2.23. The van der Waals surface area contributed by atoms with E-state index in [1.54, 1.807) is 4.90 Å². The summed E-state index contributed by atoms with van der Waals surface area (Å²) in [6, 6.07) is 0. The van der Waals surface area contributed by atoms with E-state index >= 15 is 0 Å². The quantitative estimate of drug-likeness (QED) is 0.830. The monoisotopic (exact) mass is 268 g/mol. The first-order valence-electron chi connectivity index (χ1n) is 7.33. The summed E-state index contributed by atoms with van der Waals surface area (Å²) in [5.74, 6) is -0.00890. The van der Waals surface area contributed by atoms with Crippen LogP contribution in [0.2, 0.25) is 0 Å². The van der Waals surface area contributed by atoms with E-state index < -0.39 is 5.54 Å². The molecule has 2 fully saturated rings. The molecular weight excluding hydrogens is 244 g/mol. The zero-order valence-electron chi connectivity index (χ0n) is 11.9. The van der Waals surface area contributed by atoms with Gasteiger partial charge < -0.3 is 15.0 Å². The lowest BCUT2D eigenvalue weighted by molar-refractivity contribution is -0.152. The molecule has 19 heavy (non-hydrogen) atoms. The summed E-state index contributed by atoms with van der Waals surface area (Å²) in [6.07, 6.45) is 4.59. The second-order valence-electron chi connectivity index (χ2n) is 5.51. The molecule has 0 aliphatic carbocycles. The van der Waals surface area contributed by atoms with Crippen LogP contribution >= 0.6 is 0 Å². The topological polar surface area (TPSA) is 58.6 Å². The van der Waals surface area contributed by atoms with Crippen molar-refractivity contribution >= 4 is 11.8 Å². The van der Waals surface area contributed by atoms with Crippen molar-refractivity contribution in [3.05, 3.63) is 0 Å². The van der Waals surface area contributed by atoms with Gasteiger partial charge in [-0.05, 0) is 32.1 Å². The molecule has 0 bridgehead atoms. The van der Waals surface area contributed by atoms with Crippen LogP contribution < -0.4 is 5.32 Å². The molecule has 2 saturated heterocycles. The van der Waals surface area contributed by atoms with Crippen LogP contribution in [-0.4, -0.2) is 48.1 Å². The van der Waals surface area contributed by atoms with E-state index in [1.807, 2.05) is 13.8 Å². The maximum Gasteiger partial charge on any atom is 0.248 e. The molecule has 108 valence electrons. The average molecular weight is 268 g/mol. The molecule has 5 heteroatoms. The van der Waals surface area contributed by atoms with E-state index in [1.165, 1.54) is 0 Å². The molecule has 1 N–H and O–H groups in total. The summed E-state index contributed by atoms with van der Waals surface area (Å²) < 4.78 is 5.67. The second kappa shape index (κ2) is 5.90. The fraction of sp³-hybridized carbons (Fsp3) is 0.857. The first kappa shape index (κ1) is 14.3. The van der Waals surface area contributed by atoms with E-state index in [4.69, 9.17) is 4.74 Å². The molecule has 0 radical (unpaired) electrons. The Hall–Kier alpha value is -1.10. The predicted molar refractivity (Wildman–Crippen MR) is 71.6 cm³/mol. The lowest BCUT2D eigenvalue weighted by atomic mass is 9.88. The Morgan fingerprint density at radius 2 is 2.05 bits per heavy atom. The van der Waals surface area contributed by atoms with Crippen molar-refractivity contribution in [2.75, 3.05) is 19.7 Å². The van der Waals surface area contributed by atoms with E-state index in [-0.39, 0.29) is 24.5 Å². The van der Waals surface area contributed by atoms with Crippen LogP contribution in [0.3, 0.4) is 0 Å². The Morgan fingerprint density at radius 3 is 2.63 bits per heavy atom. The van der Waals surface area contributed by atoms with E-state index in [2.05, 4.69) is 5.32 Å². The maximum absolute atomic E-state index is 12.6. The molecule has 5 nitrogen and oxygen atoms in total. The van der Waals surface area contributed by atoms with Gasteiger partial charge in [0.15, 0.2) is 0 Å². The number of amides is 2. The third kappa shape index (κ3) is 2.91. The highest BCUT2D eigenvalue weighted by Gasteiger charge is 2.44. The Labute approximate surface area is 114 Å². The molecular formula is C14H24N2O3. The molecule has 0 spiro atoms. The Bertz CT molecular complexity index is 347. The summed E-state index contributed by atoms with van der Waals surface area (Å²) in [4.78, 5) is 26.1. The molecule has 0 aromatic carbocycles. The molecule has 1 atom stereocenters. The summed E-state index contributed by atoms with van der Waals surface area (Å²) in [6.45, 7) is 5.38. The number of rotatable bonds is 4. The Morgan fingerprint density at radius 1 is 1.32 bits per heavy atom. The molecule has 2 amide bonds. The zero-order chi connectivity index (χ0) is 13.9. The Balaban J connectivity index is 2.06. The lowest BCUT2D eigenvalue weighted by Gasteiger charge is -2.42. The minimum Gasteiger partial charge on any atom is -0.376 e. The number of nitrogens with zero attached hydrogens (tertiary/aromatic N) is 1. The van der Waals surface area contributed by atoms with Gasteiger partial charge in [-0.1, -0.05) is 13.8 Å². The number of hydrogen-bond acceptors (Lipinski definition) is 3. The Kier molecular flexibility index (Phi) is 4.45. The molecule has 2 rings (SSSR count). The molecule has 2 aliphatic heterocycles. The van der Waals surface area contributed by atoms with Gasteiger partial charge in [0.1, 0.15) is 5.54 Å². The van der Waals surface area contributed by atoms with Crippen LogP contribution in [0.25, 0.3) is 0 Å². The standard InChI is InChI=1S/C14H24N2O3/c1-3-14(4-2)13(18)16(10-12(17)15-14)9-11-7-5-6-8-19-11/h11H,3-10H2,1-2H3,(H,15,17). The highest BCUT2D eigenvalue weighted by molar-refractivity contribution is 5.97. The number of carbonyl (C=O) groups is 2. The number of hydrogen-bond donors (Lipinski definition) is 1. The van der Waals surface area contributed by atoms with E-state index in [9.17, 15) is 9.59 Å². The van der Waals surface area contributed by atoms with Crippen LogP contribution in [0.5, 0.6) is 0 Å². The second-order valence-corrected chi connectivity index (χ2v) is 5.51. The van der Waals surface area contributed by atoms with Gasteiger partial charge >= 0.3 is 0 Å². The number of ether oxygens (including phenoxy) is 1. The minimum absolute atomic E-state index is 0.0475. The normalized spacial score (nSPS) is 27.3. The van der Waals surface area contributed by atoms with Crippen LogP contribution in [0, 0.1) is 0 Å². The minimum atomic E-state index is -0.704. The smallest absolute Gasteiger partial charge is 0.248 e. The summed E-state index contributed by atoms with van der Waals surface area (Å²) in [7, 11) is 0. The van der Waals surface area contributed by atoms with Crippen molar-refractivity contribution in [2.45, 2.75) is 57.6 Å². The third-order valence-electron chi connectivity index (χ3n) is 4.31. The van der Waals surface area contributed by atoms with E-state index in [0.717, 1.165) is 25.9 Å². The van der Waals surface area contributed by atoms with Gasteiger partial charge in [-0.15, -0.1) is 0 Å². The number of nitrogens with one attached hydrogen (secondary N) is 1. The van der Waals surface area contributed by atoms with E-state index in [0.29, 0.717) is 19.4 Å². The SMILES string of the molecule is CCC1(CC)NC(=O)CN(CC2CCCCO2)C1=O. The number of piperazine rings is 1. The van der Waals surface area contributed by atoms with Crippen LogP contribution in [0.4, 0.5) is 0 Å². The summed E-state index contributed by atoms with van der Waals surface area (Å²) in [5, 5.41) is 2.88. The van der Waals surface area contributed by atoms with Gasteiger partial charge in [0.05, 0.1) is 12.6 Å². The van der Waals surface area contributed by atoms with Gasteiger partial charge in [0, 0.05) is 13.2 Å². The first-order valence-corrected chi connectivity index (χ1v) is 7.33. The molecule has 0 aromatic heterocycles. The van der Waals surface area contributed by atoms with Crippen molar-refractivity contribution < 1.29 is 14.3 Å². The molecule has 2 heterocycles. The van der Waals surface area contributed by atoms with Gasteiger partial charge in [-0.2, -0.15) is 0 Å². The highest BCUT2D eigenvalue weighted by atomic mass is 16.5. The molecule has 1 unspecified atom stereocenters. The van der Waals surface area contributed by atoms with Crippen molar-refractivity contribution in [3.63, 3.8) is 0 Å². The van der Waals surface area contributed by atoms with Crippen molar-refractivity contribution in [3.8, 4) is 0 Å². The fourth-order valence-electron chi connectivity index (χ4n) is 2.98. The molecule has 2 aliphatic rings. The van der Waals surface area contributed by atoms with Gasteiger partial charge in [-0.3, -0.25) is 9.59 Å². The zero-order valence-corrected chi connectivity index (χ0v) is 11.9. The van der Waals surface area contributed by atoms with Crippen molar-refractivity contribution in [2.24, 2.45) is 0 Å². The van der Waals surface area contributed by atoms with Crippen molar-refractivity contribution in [1.29, 1.82) is 0 Å². The third-order valence-corrected chi connectivity index (χ3v) is 4.31. The molecule has 0 aromatic rings. The van der Waals surface area contributed by atoms with Crippen LogP contribution in [0.15, 0.2) is 0 Å². The lowest BCUT2D eigenvalue weighted by Crippen LogP contribution is -2.67. The van der Waals surface area contributed by atoms with Gasteiger partial charge in [-0.25, -0.2) is 0 Å². The van der Waals surface area contributed by atoms with Gasteiger partial charge in [0.25, 0.3) is 0 Å². The van der Waals surface area contributed by atoms with Crippen LogP contribution in [-0.2, 0) is 14.3 Å². The van der Waals surface area contributed by atoms with Crippen molar-refractivity contribution in [1.82, 2.24) is 10.2 Å². The summed E-state index contributed by atoms with van der Waals surface area (Å²) >= 11 is 0. The maximum atomic E-state index is 12.6. The average Bonchev–Trinajstić information content (AvgIpc) is 2.44. The number of carbonyl (C=O) groups excluding carboxylic acids is 2. The molecule has 0 saturated carbocycles. The largest absolute Gasteiger partial charge is 0.376 e.